The summed E-state index contributed by atoms with van der Waals surface area (Å²) in [4.78, 5) is 23.9. The van der Waals surface area contributed by atoms with E-state index in [9.17, 15) is 14.7 Å². The molecule has 0 radical (unpaired) electrons. The average molecular weight is 405 g/mol. The lowest BCUT2D eigenvalue weighted by molar-refractivity contribution is -0.126. The Hall–Kier alpha value is -2.14. The number of aromatic hydroxyl groups is 1. The zero-order chi connectivity index (χ0) is 18.2. The number of methoxy groups -OCH3 is 1. The quantitative estimate of drug-likeness (QED) is 0.634. The predicted molar refractivity (Wildman–Crippen MR) is 100 cm³/mol. The summed E-state index contributed by atoms with van der Waals surface area (Å²) in [5.41, 5.74) is 1.92. The van der Waals surface area contributed by atoms with E-state index in [0.717, 1.165) is 15.6 Å². The van der Waals surface area contributed by atoms with Gasteiger partial charge in [-0.1, -0.05) is 34.1 Å². The van der Waals surface area contributed by atoms with Crippen LogP contribution in [0.4, 0.5) is 0 Å². The Labute approximate surface area is 156 Å². The van der Waals surface area contributed by atoms with Gasteiger partial charge in [0, 0.05) is 17.3 Å². The summed E-state index contributed by atoms with van der Waals surface area (Å²) in [6.07, 6.45) is 1.77. The van der Waals surface area contributed by atoms with E-state index in [2.05, 4.69) is 15.9 Å². The first kappa shape index (κ1) is 19.2. The summed E-state index contributed by atoms with van der Waals surface area (Å²) in [5, 5.41) is 9.73. The molecule has 0 bridgehead atoms. The third kappa shape index (κ3) is 6.35. The fourth-order valence-electron chi connectivity index (χ4n) is 2.51. The highest BCUT2D eigenvalue weighted by atomic mass is 79.9. The molecule has 2 aromatic carbocycles. The van der Waals surface area contributed by atoms with Crippen LogP contribution in [0.15, 0.2) is 46.9 Å². The van der Waals surface area contributed by atoms with E-state index in [1.54, 1.807) is 18.2 Å². The predicted octanol–water partition coefficient (Wildman–Crippen LogP) is 4.26. The molecule has 0 unspecified atom stereocenters. The van der Waals surface area contributed by atoms with Gasteiger partial charge in [0.05, 0.1) is 13.5 Å². The van der Waals surface area contributed by atoms with Crippen molar-refractivity contribution >= 4 is 27.5 Å². The molecule has 0 saturated carbocycles. The lowest BCUT2D eigenvalue weighted by Crippen LogP contribution is -2.09. The number of halogens is 1. The van der Waals surface area contributed by atoms with Gasteiger partial charge in [0.2, 0.25) is 0 Å². The van der Waals surface area contributed by atoms with Gasteiger partial charge in [0.25, 0.3) is 0 Å². The Morgan fingerprint density at radius 1 is 0.960 bits per heavy atom. The van der Waals surface area contributed by atoms with Crippen molar-refractivity contribution in [2.45, 2.75) is 32.1 Å². The van der Waals surface area contributed by atoms with Gasteiger partial charge in [0.15, 0.2) is 11.5 Å². The Kier molecular flexibility index (Phi) is 7.19. The minimum absolute atomic E-state index is 0.0291. The molecule has 132 valence electrons. The van der Waals surface area contributed by atoms with Gasteiger partial charge in [-0.05, 0) is 48.2 Å². The fraction of sp³-hybridized carbons (Fsp3) is 0.300. The van der Waals surface area contributed by atoms with Crippen LogP contribution in [0, 0.1) is 0 Å². The standard InChI is InChI=1S/C20H21BrO4/c1-25-20-11-6-15(12-19(20)24)5-10-18(23)13-17(22)9-4-14-2-7-16(21)8-3-14/h2-3,6-8,11-12,24H,4-5,9-10,13H2,1H3. The number of hydrogen-bond donors (Lipinski definition) is 1. The minimum Gasteiger partial charge on any atom is -0.504 e. The smallest absolute Gasteiger partial charge is 0.160 e. The van der Waals surface area contributed by atoms with E-state index in [-0.39, 0.29) is 30.2 Å². The Balaban J connectivity index is 1.74. The number of benzene rings is 2. The number of ether oxygens (including phenoxy) is 1. The van der Waals surface area contributed by atoms with Crippen molar-refractivity contribution in [1.82, 2.24) is 0 Å². The molecule has 25 heavy (non-hydrogen) atoms. The third-order valence-corrected chi connectivity index (χ3v) is 4.46. The number of aryl methyl sites for hydroxylation is 2. The molecule has 0 aliphatic heterocycles. The number of ketones is 2. The van der Waals surface area contributed by atoms with Crippen LogP contribution < -0.4 is 4.74 Å². The van der Waals surface area contributed by atoms with Crippen LogP contribution in [0.2, 0.25) is 0 Å². The van der Waals surface area contributed by atoms with Crippen LogP contribution in [0.3, 0.4) is 0 Å². The maximum Gasteiger partial charge on any atom is 0.160 e. The van der Waals surface area contributed by atoms with Gasteiger partial charge >= 0.3 is 0 Å². The molecule has 5 heteroatoms. The van der Waals surface area contributed by atoms with Crippen LogP contribution in [-0.4, -0.2) is 23.8 Å². The van der Waals surface area contributed by atoms with E-state index in [1.807, 2.05) is 24.3 Å². The molecule has 0 heterocycles. The molecule has 1 N–H and O–H groups in total. The highest BCUT2D eigenvalue weighted by Gasteiger charge is 2.11. The molecule has 0 aromatic heterocycles. The zero-order valence-corrected chi connectivity index (χ0v) is 15.7. The van der Waals surface area contributed by atoms with E-state index in [0.29, 0.717) is 25.0 Å². The Morgan fingerprint density at radius 2 is 1.52 bits per heavy atom. The van der Waals surface area contributed by atoms with Crippen LogP contribution in [0.25, 0.3) is 0 Å². The Morgan fingerprint density at radius 3 is 2.08 bits per heavy atom. The molecule has 0 spiro atoms. The molecule has 0 fully saturated rings. The van der Waals surface area contributed by atoms with Crippen molar-refractivity contribution in [1.29, 1.82) is 0 Å². The Bertz CT molecular complexity index is 738. The van der Waals surface area contributed by atoms with Crippen molar-refractivity contribution in [2.75, 3.05) is 7.11 Å². The number of Topliss-reactive ketones (excluding diaryl/α,β-unsaturated/α-hetero) is 2. The maximum absolute atomic E-state index is 12.0. The minimum atomic E-state index is -0.0730. The number of carbonyl (C=O) groups is 2. The molecule has 2 aromatic rings. The highest BCUT2D eigenvalue weighted by molar-refractivity contribution is 9.10. The molecular weight excluding hydrogens is 384 g/mol. The molecule has 4 nitrogen and oxygen atoms in total. The number of phenols is 1. The second-order valence-electron chi connectivity index (χ2n) is 5.89. The first-order valence-corrected chi connectivity index (χ1v) is 8.91. The van der Waals surface area contributed by atoms with E-state index < -0.39 is 0 Å². The number of rotatable bonds is 9. The topological polar surface area (TPSA) is 63.6 Å². The average Bonchev–Trinajstić information content (AvgIpc) is 2.59. The van der Waals surface area contributed by atoms with Crippen LogP contribution in [-0.2, 0) is 22.4 Å². The monoisotopic (exact) mass is 404 g/mol. The van der Waals surface area contributed by atoms with Gasteiger partial charge < -0.3 is 9.84 Å². The first-order valence-electron chi connectivity index (χ1n) is 8.11. The summed E-state index contributed by atoms with van der Waals surface area (Å²) >= 11 is 3.37. The fourth-order valence-corrected chi connectivity index (χ4v) is 2.77. The molecule has 0 atom stereocenters. The first-order chi connectivity index (χ1) is 12.0. The second kappa shape index (κ2) is 9.37. The van der Waals surface area contributed by atoms with Gasteiger partial charge in [-0.2, -0.15) is 0 Å². The highest BCUT2D eigenvalue weighted by Crippen LogP contribution is 2.26. The lowest BCUT2D eigenvalue weighted by Gasteiger charge is -2.06. The van der Waals surface area contributed by atoms with Crippen molar-refractivity contribution in [3.63, 3.8) is 0 Å². The zero-order valence-electron chi connectivity index (χ0n) is 14.1. The normalized spacial score (nSPS) is 10.5. The third-order valence-electron chi connectivity index (χ3n) is 3.94. The molecule has 0 amide bonds. The van der Waals surface area contributed by atoms with Crippen molar-refractivity contribution in [3.8, 4) is 11.5 Å². The van der Waals surface area contributed by atoms with Crippen molar-refractivity contribution in [2.24, 2.45) is 0 Å². The number of carbonyl (C=O) groups excluding carboxylic acids is 2. The number of hydrogen-bond acceptors (Lipinski definition) is 4. The van der Waals surface area contributed by atoms with E-state index in [1.165, 1.54) is 7.11 Å². The van der Waals surface area contributed by atoms with Gasteiger partial charge in [0.1, 0.15) is 11.6 Å². The summed E-state index contributed by atoms with van der Waals surface area (Å²) in [5.74, 6) is 0.345. The molecule has 2 rings (SSSR count). The summed E-state index contributed by atoms with van der Waals surface area (Å²) < 4.78 is 5.99. The lowest BCUT2D eigenvalue weighted by atomic mass is 10.0. The summed E-state index contributed by atoms with van der Waals surface area (Å²) in [7, 11) is 1.48. The number of phenolic OH excluding ortho intramolecular Hbond substituents is 1. The summed E-state index contributed by atoms with van der Waals surface area (Å²) in [6, 6.07) is 12.9. The van der Waals surface area contributed by atoms with Gasteiger partial charge in [-0.25, -0.2) is 0 Å². The summed E-state index contributed by atoms with van der Waals surface area (Å²) in [6.45, 7) is 0. The van der Waals surface area contributed by atoms with Gasteiger partial charge in [-0.15, -0.1) is 0 Å². The molecule has 0 aliphatic rings. The SMILES string of the molecule is COc1ccc(CCC(=O)CC(=O)CCc2ccc(Br)cc2)cc1O. The largest absolute Gasteiger partial charge is 0.504 e. The molecular formula is C20H21BrO4. The maximum atomic E-state index is 12.0. The van der Waals surface area contributed by atoms with Crippen LogP contribution in [0.5, 0.6) is 11.5 Å². The van der Waals surface area contributed by atoms with E-state index in [4.69, 9.17) is 4.74 Å². The molecule has 0 saturated heterocycles. The van der Waals surface area contributed by atoms with Crippen molar-refractivity contribution in [3.05, 3.63) is 58.1 Å². The van der Waals surface area contributed by atoms with Crippen LogP contribution >= 0.6 is 15.9 Å². The van der Waals surface area contributed by atoms with Crippen LogP contribution in [0.1, 0.15) is 30.4 Å². The molecule has 0 aliphatic carbocycles. The van der Waals surface area contributed by atoms with Crippen molar-refractivity contribution < 1.29 is 19.4 Å². The van der Waals surface area contributed by atoms with Gasteiger partial charge in [-0.3, -0.25) is 9.59 Å². The van der Waals surface area contributed by atoms with E-state index >= 15 is 0 Å². The second-order valence-corrected chi connectivity index (χ2v) is 6.80.